The molecule has 4 fully saturated rings. The summed E-state index contributed by atoms with van der Waals surface area (Å²) in [4.78, 5) is 0. The molecule has 0 atom stereocenters. The summed E-state index contributed by atoms with van der Waals surface area (Å²) in [6.07, 6.45) is 7.53. The maximum absolute atomic E-state index is 3.91. The highest BCUT2D eigenvalue weighted by atomic mass is 14.9. The van der Waals surface area contributed by atoms with Crippen LogP contribution in [0.15, 0.2) is 18.2 Å². The fourth-order valence-corrected chi connectivity index (χ4v) is 5.41. The summed E-state index contributed by atoms with van der Waals surface area (Å²) in [5.41, 5.74) is 4.12. The standard InChI is InChI=1S/C18H25N/c1-11-3-12(2)5-17(4-11)19-18-15-7-13-6-14(9-15)10-16(18)8-13/h3-5,13-16,18-19H,6-10H2,1-2H3. The van der Waals surface area contributed by atoms with Gasteiger partial charge < -0.3 is 5.32 Å². The molecule has 0 aliphatic heterocycles. The summed E-state index contributed by atoms with van der Waals surface area (Å²) in [5.74, 6) is 4.05. The SMILES string of the molecule is Cc1cc(C)cc(NC2C3CC4CC(C3)CC2C4)c1. The maximum atomic E-state index is 3.91. The average molecular weight is 255 g/mol. The number of anilines is 1. The minimum Gasteiger partial charge on any atom is -0.382 e. The highest BCUT2D eigenvalue weighted by Crippen LogP contribution is 2.54. The van der Waals surface area contributed by atoms with E-state index in [1.54, 1.807) is 6.42 Å². The molecule has 102 valence electrons. The first kappa shape index (κ1) is 11.8. The van der Waals surface area contributed by atoms with Crippen LogP contribution in [0.1, 0.15) is 43.2 Å². The van der Waals surface area contributed by atoms with Crippen molar-refractivity contribution in [3.63, 3.8) is 0 Å². The predicted octanol–water partition coefficient (Wildman–Crippen LogP) is 4.54. The van der Waals surface area contributed by atoms with Gasteiger partial charge >= 0.3 is 0 Å². The second kappa shape index (κ2) is 4.26. The van der Waals surface area contributed by atoms with Gasteiger partial charge in [0.15, 0.2) is 0 Å². The molecule has 1 heteroatoms. The topological polar surface area (TPSA) is 12.0 Å². The van der Waals surface area contributed by atoms with Crippen LogP contribution in [0.2, 0.25) is 0 Å². The Morgan fingerprint density at radius 3 is 1.84 bits per heavy atom. The number of nitrogens with one attached hydrogen (secondary N) is 1. The van der Waals surface area contributed by atoms with E-state index in [1.807, 2.05) is 0 Å². The minimum absolute atomic E-state index is 0.758. The van der Waals surface area contributed by atoms with Crippen LogP contribution in [0.3, 0.4) is 0 Å². The first-order valence-electron chi connectivity index (χ1n) is 8.02. The lowest BCUT2D eigenvalue weighted by atomic mass is 9.54. The van der Waals surface area contributed by atoms with Gasteiger partial charge in [-0.15, -0.1) is 0 Å². The molecule has 4 aliphatic carbocycles. The predicted molar refractivity (Wildman–Crippen MR) is 80.4 cm³/mol. The zero-order valence-corrected chi connectivity index (χ0v) is 12.2. The van der Waals surface area contributed by atoms with Crippen LogP contribution in [-0.4, -0.2) is 6.04 Å². The molecule has 4 saturated carbocycles. The van der Waals surface area contributed by atoms with E-state index in [4.69, 9.17) is 0 Å². The summed E-state index contributed by atoms with van der Waals surface area (Å²) in [6.45, 7) is 4.41. The molecule has 5 rings (SSSR count). The molecule has 0 amide bonds. The zero-order chi connectivity index (χ0) is 13.0. The van der Waals surface area contributed by atoms with Crippen LogP contribution in [0.5, 0.6) is 0 Å². The van der Waals surface area contributed by atoms with Gasteiger partial charge in [-0.1, -0.05) is 6.07 Å². The van der Waals surface area contributed by atoms with E-state index < -0.39 is 0 Å². The quantitative estimate of drug-likeness (QED) is 0.818. The van der Waals surface area contributed by atoms with Crippen LogP contribution in [0.25, 0.3) is 0 Å². The van der Waals surface area contributed by atoms with Gasteiger partial charge in [-0.05, 0) is 92.9 Å². The van der Waals surface area contributed by atoms with E-state index in [9.17, 15) is 0 Å². The van der Waals surface area contributed by atoms with Gasteiger partial charge in [0.05, 0.1) is 0 Å². The van der Waals surface area contributed by atoms with Crippen molar-refractivity contribution in [3.8, 4) is 0 Å². The van der Waals surface area contributed by atoms with Crippen LogP contribution < -0.4 is 5.32 Å². The van der Waals surface area contributed by atoms with Gasteiger partial charge in [0.1, 0.15) is 0 Å². The van der Waals surface area contributed by atoms with Crippen molar-refractivity contribution >= 4 is 5.69 Å². The molecule has 1 N–H and O–H groups in total. The molecule has 0 aromatic heterocycles. The van der Waals surface area contributed by atoms with Gasteiger partial charge in [-0.25, -0.2) is 0 Å². The summed E-state index contributed by atoms with van der Waals surface area (Å²) in [6, 6.07) is 7.66. The Labute approximate surface area is 116 Å². The smallest absolute Gasteiger partial charge is 0.0347 e. The first-order valence-corrected chi connectivity index (χ1v) is 8.02. The molecule has 0 unspecified atom stereocenters. The van der Waals surface area contributed by atoms with Crippen LogP contribution in [0.4, 0.5) is 5.69 Å². The maximum Gasteiger partial charge on any atom is 0.0347 e. The molecular weight excluding hydrogens is 230 g/mol. The van der Waals surface area contributed by atoms with Crippen molar-refractivity contribution in [2.75, 3.05) is 5.32 Å². The highest BCUT2D eigenvalue weighted by Gasteiger charge is 2.48. The lowest BCUT2D eigenvalue weighted by molar-refractivity contribution is 0.00754. The molecule has 4 aliphatic rings. The molecule has 1 aromatic rings. The average Bonchev–Trinajstić information content (AvgIpc) is 2.31. The largest absolute Gasteiger partial charge is 0.382 e. The zero-order valence-electron chi connectivity index (χ0n) is 12.2. The third-order valence-corrected chi connectivity index (χ3v) is 5.78. The van der Waals surface area contributed by atoms with E-state index in [-0.39, 0.29) is 0 Å². The molecule has 0 saturated heterocycles. The number of aryl methyl sites for hydroxylation is 2. The van der Waals surface area contributed by atoms with Crippen molar-refractivity contribution in [3.05, 3.63) is 29.3 Å². The van der Waals surface area contributed by atoms with Crippen molar-refractivity contribution in [2.24, 2.45) is 23.7 Å². The fraction of sp³-hybridized carbons (Fsp3) is 0.667. The minimum atomic E-state index is 0.758. The van der Waals surface area contributed by atoms with Crippen molar-refractivity contribution in [2.45, 2.75) is 52.0 Å². The van der Waals surface area contributed by atoms with Crippen LogP contribution in [0, 0.1) is 37.5 Å². The number of hydrogen-bond acceptors (Lipinski definition) is 1. The van der Waals surface area contributed by atoms with E-state index in [0.717, 1.165) is 29.7 Å². The van der Waals surface area contributed by atoms with E-state index >= 15 is 0 Å². The summed E-state index contributed by atoms with van der Waals surface area (Å²) < 4.78 is 0. The number of rotatable bonds is 2. The van der Waals surface area contributed by atoms with Gasteiger partial charge in [0.25, 0.3) is 0 Å². The molecule has 1 aromatic carbocycles. The Hall–Kier alpha value is -0.980. The summed E-state index contributed by atoms with van der Waals surface area (Å²) >= 11 is 0. The molecule has 0 heterocycles. The Kier molecular flexibility index (Phi) is 2.65. The van der Waals surface area contributed by atoms with Crippen molar-refractivity contribution < 1.29 is 0 Å². The number of benzene rings is 1. The highest BCUT2D eigenvalue weighted by molar-refractivity contribution is 5.49. The van der Waals surface area contributed by atoms with Crippen LogP contribution in [-0.2, 0) is 0 Å². The Bertz CT molecular complexity index is 442. The number of hydrogen-bond donors (Lipinski definition) is 1. The first-order chi connectivity index (χ1) is 9.17. The molecule has 0 spiro atoms. The second-order valence-electron chi connectivity index (χ2n) is 7.48. The summed E-state index contributed by atoms with van der Waals surface area (Å²) in [7, 11) is 0. The third-order valence-electron chi connectivity index (χ3n) is 5.78. The monoisotopic (exact) mass is 255 g/mol. The fourth-order valence-electron chi connectivity index (χ4n) is 5.41. The molecular formula is C18H25N. The van der Waals surface area contributed by atoms with Crippen LogP contribution >= 0.6 is 0 Å². The van der Waals surface area contributed by atoms with Gasteiger partial charge in [-0.3, -0.25) is 0 Å². The summed E-state index contributed by atoms with van der Waals surface area (Å²) in [5, 5.41) is 3.91. The molecule has 19 heavy (non-hydrogen) atoms. The lowest BCUT2D eigenvalue weighted by Crippen LogP contribution is -2.51. The Morgan fingerprint density at radius 1 is 0.789 bits per heavy atom. The molecule has 1 nitrogen and oxygen atoms in total. The molecule has 0 radical (unpaired) electrons. The lowest BCUT2D eigenvalue weighted by Gasteiger charge is -2.54. The van der Waals surface area contributed by atoms with Crippen molar-refractivity contribution in [1.29, 1.82) is 0 Å². The van der Waals surface area contributed by atoms with Gasteiger partial charge in [-0.2, -0.15) is 0 Å². The Balaban J connectivity index is 1.56. The van der Waals surface area contributed by atoms with Gasteiger partial charge in [0.2, 0.25) is 0 Å². The molecule has 4 bridgehead atoms. The Morgan fingerprint density at radius 2 is 1.32 bits per heavy atom. The van der Waals surface area contributed by atoms with Gasteiger partial charge in [0, 0.05) is 11.7 Å². The van der Waals surface area contributed by atoms with E-state index in [2.05, 4.69) is 37.4 Å². The van der Waals surface area contributed by atoms with Crippen molar-refractivity contribution in [1.82, 2.24) is 0 Å². The van der Waals surface area contributed by atoms with E-state index in [0.29, 0.717) is 0 Å². The normalized spacial score (nSPS) is 39.6. The second-order valence-corrected chi connectivity index (χ2v) is 7.48. The van der Waals surface area contributed by atoms with E-state index in [1.165, 1.54) is 42.5 Å². The third kappa shape index (κ3) is 2.07.